The van der Waals surface area contributed by atoms with Gasteiger partial charge in [0.05, 0.1) is 16.5 Å². The van der Waals surface area contributed by atoms with Crippen molar-refractivity contribution in [3.63, 3.8) is 0 Å². The average molecular weight is 514 g/mol. The molecule has 2 atom stereocenters. The van der Waals surface area contributed by atoms with Gasteiger partial charge >= 0.3 is 0 Å². The topological polar surface area (TPSA) is 58.2 Å². The summed E-state index contributed by atoms with van der Waals surface area (Å²) in [5.41, 5.74) is 0.0585. The van der Waals surface area contributed by atoms with E-state index < -0.39 is 51.0 Å². The Bertz CT molecular complexity index is 1260. The van der Waals surface area contributed by atoms with Crippen molar-refractivity contribution >= 4 is 58.0 Å². The Labute approximate surface area is 201 Å². The molecule has 1 fully saturated rings. The quantitative estimate of drug-likeness (QED) is 0.381. The number of benzene rings is 3. The van der Waals surface area contributed by atoms with Crippen molar-refractivity contribution in [1.82, 2.24) is 0 Å². The van der Waals surface area contributed by atoms with E-state index in [2.05, 4.69) is 10.6 Å². The van der Waals surface area contributed by atoms with E-state index in [0.29, 0.717) is 11.3 Å². The lowest BCUT2D eigenvalue weighted by Gasteiger charge is -2.10. The maximum absolute atomic E-state index is 14.3. The fourth-order valence-electron chi connectivity index (χ4n) is 3.54. The van der Waals surface area contributed by atoms with E-state index in [4.69, 9.17) is 34.8 Å². The van der Waals surface area contributed by atoms with E-state index in [1.165, 1.54) is 12.1 Å². The van der Waals surface area contributed by atoms with Gasteiger partial charge in [0.25, 0.3) is 5.91 Å². The maximum Gasteiger partial charge on any atom is 0.258 e. The molecule has 3 aromatic rings. The lowest BCUT2D eigenvalue weighted by Crippen LogP contribution is -2.19. The van der Waals surface area contributed by atoms with E-state index >= 15 is 0 Å². The smallest absolute Gasteiger partial charge is 0.258 e. The van der Waals surface area contributed by atoms with Crippen LogP contribution in [0, 0.1) is 23.4 Å². The van der Waals surface area contributed by atoms with Gasteiger partial charge in [0.1, 0.15) is 10.2 Å². The van der Waals surface area contributed by atoms with Crippen molar-refractivity contribution in [2.75, 3.05) is 10.6 Å². The fraction of sp³-hybridized carbons (Fsp3) is 0.130. The predicted octanol–water partition coefficient (Wildman–Crippen LogP) is 6.54. The molecule has 0 saturated heterocycles. The second-order valence-electron chi connectivity index (χ2n) is 7.43. The summed E-state index contributed by atoms with van der Waals surface area (Å²) in [5.74, 6) is -6.60. The Kier molecular flexibility index (Phi) is 6.31. The molecule has 0 heterocycles. The minimum atomic E-state index is -1.52. The van der Waals surface area contributed by atoms with Crippen LogP contribution in [0.15, 0.2) is 60.7 Å². The van der Waals surface area contributed by atoms with Crippen LogP contribution < -0.4 is 10.6 Å². The van der Waals surface area contributed by atoms with Crippen molar-refractivity contribution in [1.29, 1.82) is 0 Å². The van der Waals surface area contributed by atoms with Crippen molar-refractivity contribution in [2.45, 2.75) is 10.3 Å². The number of para-hydroxylation sites is 1. The molecule has 0 spiro atoms. The van der Waals surface area contributed by atoms with Crippen LogP contribution in [0.3, 0.4) is 0 Å². The van der Waals surface area contributed by atoms with Gasteiger partial charge in [-0.25, -0.2) is 13.2 Å². The van der Waals surface area contributed by atoms with Crippen molar-refractivity contribution < 1.29 is 22.8 Å². The van der Waals surface area contributed by atoms with Crippen LogP contribution in [0.5, 0.6) is 0 Å². The van der Waals surface area contributed by atoms with Gasteiger partial charge < -0.3 is 10.6 Å². The molecule has 1 aliphatic rings. The van der Waals surface area contributed by atoms with Gasteiger partial charge in [-0.1, -0.05) is 35.9 Å². The van der Waals surface area contributed by atoms with E-state index in [0.717, 1.165) is 18.2 Å². The molecular formula is C23H14Cl3F3N2O2. The molecule has 0 bridgehead atoms. The van der Waals surface area contributed by atoms with Crippen molar-refractivity contribution in [2.24, 2.45) is 5.92 Å². The second-order valence-corrected chi connectivity index (χ2v) is 9.28. The van der Waals surface area contributed by atoms with E-state index in [9.17, 15) is 22.8 Å². The Hall–Kier alpha value is -2.74. The Morgan fingerprint density at radius 1 is 0.848 bits per heavy atom. The second kappa shape index (κ2) is 8.89. The van der Waals surface area contributed by atoms with Crippen LogP contribution >= 0.6 is 34.8 Å². The molecular weight excluding hydrogens is 500 g/mol. The van der Waals surface area contributed by atoms with Crippen LogP contribution in [0.1, 0.15) is 21.8 Å². The molecule has 0 aromatic heterocycles. The molecule has 0 unspecified atom stereocenters. The standard InChI is InChI=1S/C23H14Cl3F3N2O2/c24-15-8-11(6-7-16(15)27)18-19(23(18,25)26)22(33)31-13-9-14(20(29)17(28)10-13)21(32)30-12-4-2-1-3-5-12/h1-10,18-19H,(H,30,32)(H,31,33)/t18-,19+/m0/s1. The first-order valence-electron chi connectivity index (χ1n) is 9.58. The number of carbonyl (C=O) groups excluding carboxylic acids is 2. The number of rotatable bonds is 5. The molecule has 0 radical (unpaired) electrons. The van der Waals surface area contributed by atoms with Crippen molar-refractivity contribution in [3.05, 3.63) is 94.3 Å². The third-order valence-electron chi connectivity index (χ3n) is 5.21. The third-order valence-corrected chi connectivity index (χ3v) is 6.44. The summed E-state index contributed by atoms with van der Waals surface area (Å²) in [6.07, 6.45) is 0. The first-order valence-corrected chi connectivity index (χ1v) is 10.7. The Morgan fingerprint density at radius 3 is 2.21 bits per heavy atom. The highest BCUT2D eigenvalue weighted by Gasteiger charge is 2.67. The van der Waals surface area contributed by atoms with E-state index in [-0.39, 0.29) is 10.7 Å². The summed E-state index contributed by atoms with van der Waals surface area (Å²) in [6.45, 7) is 0. The lowest BCUT2D eigenvalue weighted by atomic mass is 10.1. The zero-order chi connectivity index (χ0) is 23.9. The van der Waals surface area contributed by atoms with E-state index in [1.54, 1.807) is 30.3 Å². The van der Waals surface area contributed by atoms with Gasteiger partial charge in [-0.05, 0) is 35.9 Å². The summed E-state index contributed by atoms with van der Waals surface area (Å²) >= 11 is 18.3. The number of hydrogen-bond donors (Lipinski definition) is 2. The molecule has 1 aliphatic carbocycles. The van der Waals surface area contributed by atoms with Crippen LogP contribution in [0.25, 0.3) is 0 Å². The fourth-order valence-corrected chi connectivity index (χ4v) is 4.56. The molecule has 10 heteroatoms. The Morgan fingerprint density at radius 2 is 1.55 bits per heavy atom. The van der Waals surface area contributed by atoms with Crippen LogP contribution in [-0.4, -0.2) is 16.1 Å². The number of amides is 2. The molecule has 2 amide bonds. The minimum Gasteiger partial charge on any atom is -0.326 e. The first-order chi connectivity index (χ1) is 15.6. The minimum absolute atomic E-state index is 0.155. The zero-order valence-corrected chi connectivity index (χ0v) is 18.8. The summed E-state index contributed by atoms with van der Waals surface area (Å²) in [4.78, 5) is 25.2. The largest absolute Gasteiger partial charge is 0.326 e. The van der Waals surface area contributed by atoms with Gasteiger partial charge in [0.2, 0.25) is 5.91 Å². The first kappa shape index (κ1) is 23.4. The average Bonchev–Trinajstić information content (AvgIpc) is 3.35. The number of alkyl halides is 2. The van der Waals surface area contributed by atoms with Gasteiger partial charge in [-0.2, -0.15) is 0 Å². The maximum atomic E-state index is 14.3. The highest BCUT2D eigenvalue weighted by molar-refractivity contribution is 6.53. The Balaban J connectivity index is 1.54. The number of carbonyl (C=O) groups is 2. The van der Waals surface area contributed by atoms with Gasteiger partial charge in [-0.3, -0.25) is 9.59 Å². The molecule has 1 saturated carbocycles. The summed E-state index contributed by atoms with van der Waals surface area (Å²) in [7, 11) is 0. The van der Waals surface area contributed by atoms with Crippen LogP contribution in [0.4, 0.5) is 24.5 Å². The normalized spacial score (nSPS) is 18.5. The number of nitrogens with one attached hydrogen (secondary N) is 2. The van der Waals surface area contributed by atoms with Gasteiger partial charge in [0.15, 0.2) is 11.6 Å². The molecule has 2 N–H and O–H groups in total. The number of anilines is 2. The highest BCUT2D eigenvalue weighted by Crippen LogP contribution is 2.65. The SMILES string of the molecule is O=C(Nc1ccccc1)c1cc(NC(=O)[C@H]2[C@H](c3ccc(F)c(Cl)c3)C2(Cl)Cl)cc(F)c1F. The number of hydrogen-bond acceptors (Lipinski definition) is 2. The van der Waals surface area contributed by atoms with Gasteiger partial charge in [0, 0.05) is 23.4 Å². The molecule has 170 valence electrons. The highest BCUT2D eigenvalue weighted by atomic mass is 35.5. The lowest BCUT2D eigenvalue weighted by molar-refractivity contribution is -0.117. The summed E-state index contributed by atoms with van der Waals surface area (Å²) in [5, 5.41) is 4.71. The van der Waals surface area contributed by atoms with Crippen LogP contribution in [0.2, 0.25) is 5.02 Å². The molecule has 4 rings (SSSR count). The molecule has 3 aromatic carbocycles. The predicted molar refractivity (Wildman–Crippen MR) is 121 cm³/mol. The zero-order valence-electron chi connectivity index (χ0n) is 16.5. The summed E-state index contributed by atoms with van der Waals surface area (Å²) < 4.78 is 40.4. The molecule has 33 heavy (non-hydrogen) atoms. The monoisotopic (exact) mass is 512 g/mol. The van der Waals surface area contributed by atoms with Gasteiger partial charge in [-0.15, -0.1) is 23.2 Å². The van der Waals surface area contributed by atoms with Crippen molar-refractivity contribution in [3.8, 4) is 0 Å². The third kappa shape index (κ3) is 4.67. The molecule has 0 aliphatic heterocycles. The van der Waals surface area contributed by atoms with E-state index in [1.807, 2.05) is 0 Å². The molecule has 4 nitrogen and oxygen atoms in total. The summed E-state index contributed by atoms with van der Waals surface area (Å²) in [6, 6.07) is 13.8. The van der Waals surface area contributed by atoms with Crippen LogP contribution in [-0.2, 0) is 4.79 Å². The number of halogens is 6.